The van der Waals surface area contributed by atoms with E-state index in [1.54, 1.807) is 0 Å². The quantitative estimate of drug-likeness (QED) is 0.872. The molecule has 0 saturated carbocycles. The van der Waals surface area contributed by atoms with Crippen LogP contribution in [0.5, 0.6) is 0 Å². The molecule has 0 spiro atoms. The molecule has 0 amide bonds. The van der Waals surface area contributed by atoms with Crippen LogP contribution in [0.4, 0.5) is 0 Å². The second-order valence-corrected chi connectivity index (χ2v) is 6.44. The predicted molar refractivity (Wildman–Crippen MR) is 58.4 cm³/mol. The van der Waals surface area contributed by atoms with Gasteiger partial charge in [-0.15, -0.1) is 0 Å². The number of carboxylic acid groups (broad SMARTS) is 1. The molecule has 0 aliphatic rings. The minimum Gasteiger partial charge on any atom is -0.480 e. The zero-order chi connectivity index (χ0) is 9.90. The fourth-order valence-corrected chi connectivity index (χ4v) is 1.58. The van der Waals surface area contributed by atoms with Gasteiger partial charge in [0.15, 0.2) is 3.23 Å². The molecule has 1 rings (SSSR count). The molecule has 0 fully saturated rings. The molecular weight excluding hydrogens is 300 g/mol. The van der Waals surface area contributed by atoms with Crippen molar-refractivity contribution in [2.75, 3.05) is 0 Å². The molecule has 13 heavy (non-hydrogen) atoms. The van der Waals surface area contributed by atoms with Gasteiger partial charge in [0.05, 0.1) is 0 Å². The van der Waals surface area contributed by atoms with Gasteiger partial charge in [-0.1, -0.05) is 62.2 Å². The number of aliphatic carboxylic acids is 1. The van der Waals surface area contributed by atoms with Crippen LogP contribution in [0, 0.1) is 0 Å². The maximum Gasteiger partial charge on any atom is 0.331 e. The first kappa shape index (κ1) is 10.7. The Kier molecular flexibility index (Phi) is 3.50. The van der Waals surface area contributed by atoms with Crippen molar-refractivity contribution in [3.63, 3.8) is 0 Å². The molecule has 2 nitrogen and oxygen atoms in total. The van der Waals surface area contributed by atoms with Gasteiger partial charge in [-0.2, -0.15) is 0 Å². The van der Waals surface area contributed by atoms with E-state index in [9.17, 15) is 4.79 Å². The first-order valence-electron chi connectivity index (χ1n) is 3.67. The van der Waals surface area contributed by atoms with E-state index in [2.05, 4.69) is 31.9 Å². The van der Waals surface area contributed by atoms with Crippen LogP contribution in [-0.2, 0) is 11.2 Å². The molecule has 0 heterocycles. The van der Waals surface area contributed by atoms with E-state index < -0.39 is 9.20 Å². The summed E-state index contributed by atoms with van der Waals surface area (Å²) in [7, 11) is 0. The largest absolute Gasteiger partial charge is 0.480 e. The Morgan fingerprint density at radius 1 is 1.31 bits per heavy atom. The third kappa shape index (κ3) is 3.12. The normalized spacial score (nSPS) is 11.2. The number of rotatable bonds is 3. The number of carbonyl (C=O) groups is 1. The van der Waals surface area contributed by atoms with Gasteiger partial charge in [-0.25, -0.2) is 4.79 Å². The number of carboxylic acids is 1. The molecule has 0 unspecified atom stereocenters. The lowest BCUT2D eigenvalue weighted by atomic mass is 10.1. The topological polar surface area (TPSA) is 37.3 Å². The van der Waals surface area contributed by atoms with Crippen LogP contribution in [0.2, 0.25) is 0 Å². The SMILES string of the molecule is O=C(O)C(Br)(Br)Cc1ccccc1. The van der Waals surface area contributed by atoms with Crippen molar-refractivity contribution in [2.45, 2.75) is 9.65 Å². The van der Waals surface area contributed by atoms with E-state index in [0.29, 0.717) is 6.42 Å². The van der Waals surface area contributed by atoms with Crippen LogP contribution < -0.4 is 0 Å². The maximum absolute atomic E-state index is 10.7. The van der Waals surface area contributed by atoms with Gasteiger partial charge in [0, 0.05) is 6.42 Å². The monoisotopic (exact) mass is 306 g/mol. The van der Waals surface area contributed by atoms with Crippen molar-refractivity contribution in [1.29, 1.82) is 0 Å². The molecular formula is C9H8Br2O2. The van der Waals surface area contributed by atoms with E-state index in [0.717, 1.165) is 5.56 Å². The number of alkyl halides is 2. The Hall–Kier alpha value is -0.350. The highest BCUT2D eigenvalue weighted by atomic mass is 79.9. The number of hydrogen-bond donors (Lipinski definition) is 1. The number of benzene rings is 1. The highest BCUT2D eigenvalue weighted by molar-refractivity contribution is 9.25. The Morgan fingerprint density at radius 3 is 2.31 bits per heavy atom. The van der Waals surface area contributed by atoms with Gasteiger partial charge in [-0.3, -0.25) is 0 Å². The van der Waals surface area contributed by atoms with Crippen molar-refractivity contribution in [1.82, 2.24) is 0 Å². The average Bonchev–Trinajstić information content (AvgIpc) is 2.05. The van der Waals surface area contributed by atoms with E-state index in [1.807, 2.05) is 30.3 Å². The average molecular weight is 308 g/mol. The molecule has 0 saturated heterocycles. The Bertz CT molecular complexity index is 296. The first-order chi connectivity index (χ1) is 6.02. The molecule has 1 N–H and O–H groups in total. The molecule has 0 radical (unpaired) electrons. The molecule has 4 heteroatoms. The Labute approximate surface area is 93.2 Å². The lowest BCUT2D eigenvalue weighted by Gasteiger charge is -2.14. The fourth-order valence-electron chi connectivity index (χ4n) is 0.928. The van der Waals surface area contributed by atoms with Gasteiger partial charge in [0.25, 0.3) is 0 Å². The van der Waals surface area contributed by atoms with Crippen LogP contribution in [0.25, 0.3) is 0 Å². The van der Waals surface area contributed by atoms with E-state index in [1.165, 1.54) is 0 Å². The molecule has 1 aromatic carbocycles. The molecule has 0 aromatic heterocycles. The number of halogens is 2. The molecule has 1 aromatic rings. The van der Waals surface area contributed by atoms with Crippen LogP contribution in [0.15, 0.2) is 30.3 Å². The molecule has 70 valence electrons. The first-order valence-corrected chi connectivity index (χ1v) is 5.26. The lowest BCUT2D eigenvalue weighted by Crippen LogP contribution is -2.26. The highest BCUT2D eigenvalue weighted by Gasteiger charge is 2.32. The molecule has 0 aliphatic heterocycles. The van der Waals surface area contributed by atoms with Crippen molar-refractivity contribution in [3.8, 4) is 0 Å². The summed E-state index contributed by atoms with van der Waals surface area (Å²) in [6.07, 6.45) is 0.406. The van der Waals surface area contributed by atoms with Gasteiger partial charge >= 0.3 is 5.97 Å². The highest BCUT2D eigenvalue weighted by Crippen LogP contribution is 2.30. The third-order valence-corrected chi connectivity index (χ3v) is 2.82. The second-order valence-electron chi connectivity index (χ2n) is 2.67. The summed E-state index contributed by atoms with van der Waals surface area (Å²) in [6.45, 7) is 0. The molecule has 0 aliphatic carbocycles. The minimum atomic E-state index is -1.05. The standard InChI is InChI=1S/C9H8Br2O2/c10-9(11,8(12)13)6-7-4-2-1-3-5-7/h1-5H,6H2,(H,12,13). The van der Waals surface area contributed by atoms with Gasteiger partial charge < -0.3 is 5.11 Å². The third-order valence-electron chi connectivity index (χ3n) is 1.58. The summed E-state index contributed by atoms with van der Waals surface area (Å²) in [5, 5.41) is 8.81. The van der Waals surface area contributed by atoms with E-state index in [4.69, 9.17) is 5.11 Å². The van der Waals surface area contributed by atoms with Crippen molar-refractivity contribution in [3.05, 3.63) is 35.9 Å². The summed E-state index contributed by atoms with van der Waals surface area (Å²) < 4.78 is -1.05. The lowest BCUT2D eigenvalue weighted by molar-refractivity contribution is -0.136. The Morgan fingerprint density at radius 2 is 1.85 bits per heavy atom. The van der Waals surface area contributed by atoms with E-state index >= 15 is 0 Å². The zero-order valence-corrected chi connectivity index (χ0v) is 9.88. The summed E-state index contributed by atoms with van der Waals surface area (Å²) in [5.41, 5.74) is 0.971. The van der Waals surface area contributed by atoms with Crippen LogP contribution >= 0.6 is 31.9 Å². The summed E-state index contributed by atoms with van der Waals surface area (Å²) in [5.74, 6) is -0.920. The number of hydrogen-bond acceptors (Lipinski definition) is 1. The smallest absolute Gasteiger partial charge is 0.331 e. The molecule has 0 bridgehead atoms. The van der Waals surface area contributed by atoms with E-state index in [-0.39, 0.29) is 0 Å². The van der Waals surface area contributed by atoms with Crippen LogP contribution in [-0.4, -0.2) is 14.3 Å². The van der Waals surface area contributed by atoms with Crippen molar-refractivity contribution < 1.29 is 9.90 Å². The predicted octanol–water partition coefficient (Wildman–Crippen LogP) is 2.80. The van der Waals surface area contributed by atoms with Gasteiger partial charge in [0.1, 0.15) is 0 Å². The van der Waals surface area contributed by atoms with Crippen LogP contribution in [0.3, 0.4) is 0 Å². The molecule has 0 atom stereocenters. The summed E-state index contributed by atoms with van der Waals surface area (Å²) >= 11 is 6.20. The maximum atomic E-state index is 10.7. The second kappa shape index (κ2) is 4.24. The van der Waals surface area contributed by atoms with Crippen LogP contribution in [0.1, 0.15) is 5.56 Å². The minimum absolute atomic E-state index is 0.406. The zero-order valence-electron chi connectivity index (χ0n) is 6.71. The van der Waals surface area contributed by atoms with Crippen molar-refractivity contribution in [2.24, 2.45) is 0 Å². The van der Waals surface area contributed by atoms with Gasteiger partial charge in [-0.05, 0) is 5.56 Å². The fraction of sp³-hybridized carbons (Fsp3) is 0.222. The summed E-state index contributed by atoms with van der Waals surface area (Å²) in [6, 6.07) is 9.44. The Balaban J connectivity index is 2.75. The van der Waals surface area contributed by atoms with Crippen molar-refractivity contribution >= 4 is 37.8 Å². The van der Waals surface area contributed by atoms with Gasteiger partial charge in [0.2, 0.25) is 0 Å². The summed E-state index contributed by atoms with van der Waals surface area (Å²) in [4.78, 5) is 10.7.